The largest absolute Gasteiger partial charge is 0.495 e. The van der Waals surface area contributed by atoms with E-state index in [0.717, 1.165) is 19.9 Å². The van der Waals surface area contributed by atoms with E-state index in [1.165, 1.54) is 30.2 Å². The summed E-state index contributed by atoms with van der Waals surface area (Å²) in [4.78, 5) is 29.5. The normalized spacial score (nSPS) is 11.8. The van der Waals surface area contributed by atoms with Crippen molar-refractivity contribution in [3.63, 3.8) is 0 Å². The van der Waals surface area contributed by atoms with Crippen LogP contribution in [0, 0.1) is 0 Å². The lowest BCUT2D eigenvalue weighted by molar-refractivity contribution is -0.140. The average molecular weight is 699 g/mol. The maximum absolute atomic E-state index is 14.5. The Balaban J connectivity index is 1.83. The van der Waals surface area contributed by atoms with Gasteiger partial charge in [-0.15, -0.1) is 0 Å². The van der Waals surface area contributed by atoms with E-state index in [4.69, 9.17) is 16.3 Å². The molecule has 4 rings (SSSR count). The van der Waals surface area contributed by atoms with Crippen LogP contribution in [0.4, 0.5) is 5.69 Å². The first-order chi connectivity index (χ1) is 21.1. The molecule has 2 amide bonds. The number of likely N-dealkylation sites (N-methyl/N-ethyl adjacent to an activating group) is 1. The Bertz CT molecular complexity index is 1670. The third kappa shape index (κ3) is 8.19. The number of nitrogens with zero attached hydrogens (tertiary/aromatic N) is 2. The van der Waals surface area contributed by atoms with Crippen molar-refractivity contribution >= 4 is 55.1 Å². The predicted molar refractivity (Wildman–Crippen MR) is 176 cm³/mol. The van der Waals surface area contributed by atoms with Gasteiger partial charge in [-0.05, 0) is 60.5 Å². The first kappa shape index (κ1) is 33.0. The van der Waals surface area contributed by atoms with Crippen LogP contribution in [0.2, 0.25) is 5.02 Å². The monoisotopic (exact) mass is 697 g/mol. The summed E-state index contributed by atoms with van der Waals surface area (Å²) in [6.45, 7) is 1.61. The van der Waals surface area contributed by atoms with Crippen LogP contribution in [0.5, 0.6) is 5.75 Å². The molecule has 4 aromatic rings. The molecule has 1 atom stereocenters. The number of methoxy groups -OCH3 is 1. The highest BCUT2D eigenvalue weighted by molar-refractivity contribution is 9.10. The molecule has 0 aliphatic carbocycles. The minimum Gasteiger partial charge on any atom is -0.495 e. The van der Waals surface area contributed by atoms with Gasteiger partial charge in [-0.25, -0.2) is 8.42 Å². The van der Waals surface area contributed by atoms with Crippen molar-refractivity contribution in [2.75, 3.05) is 24.5 Å². The molecule has 11 heteroatoms. The van der Waals surface area contributed by atoms with Crippen LogP contribution in [-0.4, -0.2) is 51.4 Å². The van der Waals surface area contributed by atoms with Crippen LogP contribution in [0.1, 0.15) is 18.1 Å². The second-order valence-electron chi connectivity index (χ2n) is 9.89. The lowest BCUT2D eigenvalue weighted by Gasteiger charge is -2.34. The van der Waals surface area contributed by atoms with Crippen LogP contribution in [0.3, 0.4) is 0 Å². The van der Waals surface area contributed by atoms with Crippen LogP contribution >= 0.6 is 27.5 Å². The molecule has 0 aliphatic heterocycles. The van der Waals surface area contributed by atoms with Crippen LogP contribution in [-0.2, 0) is 32.6 Å². The van der Waals surface area contributed by atoms with E-state index in [1.807, 2.05) is 54.6 Å². The number of ether oxygens (including phenoxy) is 1. The number of rotatable bonds is 13. The van der Waals surface area contributed by atoms with Crippen molar-refractivity contribution in [3.8, 4) is 5.75 Å². The highest BCUT2D eigenvalue weighted by Crippen LogP contribution is 2.35. The van der Waals surface area contributed by atoms with Crippen molar-refractivity contribution in [1.82, 2.24) is 10.2 Å². The minimum absolute atomic E-state index is 0.0150. The van der Waals surface area contributed by atoms with E-state index >= 15 is 0 Å². The second kappa shape index (κ2) is 15.2. The van der Waals surface area contributed by atoms with Crippen LogP contribution in [0.25, 0.3) is 0 Å². The molecule has 0 saturated heterocycles. The van der Waals surface area contributed by atoms with E-state index in [0.29, 0.717) is 6.54 Å². The van der Waals surface area contributed by atoms with Crippen LogP contribution in [0.15, 0.2) is 112 Å². The van der Waals surface area contributed by atoms with Gasteiger partial charge in [0.05, 0.1) is 17.7 Å². The Kier molecular flexibility index (Phi) is 11.4. The fourth-order valence-corrected chi connectivity index (χ4v) is 6.59. The summed E-state index contributed by atoms with van der Waals surface area (Å²) in [5.74, 6) is -0.716. The average Bonchev–Trinajstić information content (AvgIpc) is 3.03. The number of anilines is 1. The maximum atomic E-state index is 14.5. The fourth-order valence-electron chi connectivity index (χ4n) is 4.72. The first-order valence-corrected chi connectivity index (χ1v) is 16.5. The maximum Gasteiger partial charge on any atom is 0.264 e. The van der Waals surface area contributed by atoms with E-state index in [-0.39, 0.29) is 40.2 Å². The number of carbonyl (C=O) groups is 2. The predicted octanol–water partition coefficient (Wildman–Crippen LogP) is 6.08. The fraction of sp³-hybridized carbons (Fsp3) is 0.212. The van der Waals surface area contributed by atoms with E-state index in [2.05, 4.69) is 21.2 Å². The third-order valence-corrected chi connectivity index (χ3v) is 9.45. The molecule has 0 fully saturated rings. The molecule has 0 saturated carbocycles. The smallest absolute Gasteiger partial charge is 0.264 e. The molecule has 8 nitrogen and oxygen atoms in total. The van der Waals surface area contributed by atoms with E-state index < -0.39 is 28.5 Å². The molecule has 0 bridgehead atoms. The van der Waals surface area contributed by atoms with Gasteiger partial charge < -0.3 is 15.0 Å². The molecule has 44 heavy (non-hydrogen) atoms. The highest BCUT2D eigenvalue weighted by Gasteiger charge is 2.35. The molecule has 230 valence electrons. The zero-order valence-electron chi connectivity index (χ0n) is 24.3. The van der Waals surface area contributed by atoms with Gasteiger partial charge in [0.1, 0.15) is 18.3 Å². The van der Waals surface area contributed by atoms with Gasteiger partial charge in [-0.3, -0.25) is 13.9 Å². The van der Waals surface area contributed by atoms with Crippen molar-refractivity contribution in [1.29, 1.82) is 0 Å². The number of hydrogen-bond donors (Lipinski definition) is 1. The molecule has 1 N–H and O–H groups in total. The number of nitrogens with one attached hydrogen (secondary N) is 1. The lowest BCUT2D eigenvalue weighted by atomic mass is 10.0. The summed E-state index contributed by atoms with van der Waals surface area (Å²) in [6.07, 6.45) is 0.223. The van der Waals surface area contributed by atoms with Crippen molar-refractivity contribution in [2.45, 2.75) is 30.8 Å². The summed E-state index contributed by atoms with van der Waals surface area (Å²) in [5, 5.41) is 3.11. The number of benzene rings is 4. The Morgan fingerprint density at radius 1 is 0.909 bits per heavy atom. The van der Waals surface area contributed by atoms with Gasteiger partial charge in [0, 0.05) is 29.0 Å². The highest BCUT2D eigenvalue weighted by atomic mass is 79.9. The summed E-state index contributed by atoms with van der Waals surface area (Å²) in [6, 6.07) is 28.2. The van der Waals surface area contributed by atoms with Gasteiger partial charge in [0.25, 0.3) is 10.0 Å². The molecular formula is C33H33BrClN3O5S. The lowest BCUT2D eigenvalue weighted by Crippen LogP contribution is -2.53. The molecule has 0 aromatic heterocycles. The van der Waals surface area contributed by atoms with Crippen molar-refractivity contribution < 1.29 is 22.7 Å². The van der Waals surface area contributed by atoms with E-state index in [9.17, 15) is 18.0 Å². The Morgan fingerprint density at radius 2 is 1.55 bits per heavy atom. The van der Waals surface area contributed by atoms with Gasteiger partial charge in [0.2, 0.25) is 11.8 Å². The Morgan fingerprint density at radius 3 is 2.16 bits per heavy atom. The quantitative estimate of drug-likeness (QED) is 0.183. The number of carbonyl (C=O) groups excluding carboxylic acids is 2. The Labute approximate surface area is 271 Å². The molecule has 4 aromatic carbocycles. The number of sulfonamides is 1. The minimum atomic E-state index is -4.29. The topological polar surface area (TPSA) is 96.0 Å². The van der Waals surface area contributed by atoms with Crippen molar-refractivity contribution in [2.24, 2.45) is 0 Å². The Hall–Kier alpha value is -3.86. The zero-order valence-corrected chi connectivity index (χ0v) is 27.5. The standard InChI is InChI=1S/C33H33BrClN3O5S/c1-3-36-33(40)30(20-24-10-6-4-7-11-24)37(22-25-14-16-26(34)17-15-25)32(39)23-38(29-21-27(35)18-19-31(29)43-2)44(41,42)28-12-8-5-9-13-28/h4-19,21,30H,3,20,22-23H2,1-2H3,(H,36,40)/t30-/m0/s1. The summed E-state index contributed by atoms with van der Waals surface area (Å²) in [5.41, 5.74) is 1.71. The number of halogens is 2. The molecule has 0 aliphatic rings. The summed E-state index contributed by atoms with van der Waals surface area (Å²) >= 11 is 9.76. The van der Waals surface area contributed by atoms with Gasteiger partial charge in [-0.2, -0.15) is 0 Å². The third-order valence-electron chi connectivity index (χ3n) is 6.91. The SMILES string of the molecule is CCNC(=O)[C@H](Cc1ccccc1)N(Cc1ccc(Br)cc1)C(=O)CN(c1cc(Cl)ccc1OC)S(=O)(=O)c1ccccc1. The summed E-state index contributed by atoms with van der Waals surface area (Å²) in [7, 11) is -2.88. The second-order valence-corrected chi connectivity index (χ2v) is 13.1. The van der Waals surface area contributed by atoms with Gasteiger partial charge in [0.15, 0.2) is 0 Å². The number of hydrogen-bond acceptors (Lipinski definition) is 5. The molecule has 0 radical (unpaired) electrons. The first-order valence-electron chi connectivity index (χ1n) is 13.9. The van der Waals surface area contributed by atoms with Crippen molar-refractivity contribution in [3.05, 3.63) is 124 Å². The molecular weight excluding hydrogens is 666 g/mol. The zero-order chi connectivity index (χ0) is 31.7. The van der Waals surface area contributed by atoms with Gasteiger partial charge >= 0.3 is 0 Å². The molecule has 0 heterocycles. The van der Waals surface area contributed by atoms with Crippen LogP contribution < -0.4 is 14.4 Å². The van der Waals surface area contributed by atoms with Gasteiger partial charge in [-0.1, -0.05) is 88.2 Å². The molecule has 0 unspecified atom stereocenters. The number of amides is 2. The summed E-state index contributed by atoms with van der Waals surface area (Å²) < 4.78 is 35.6. The van der Waals surface area contributed by atoms with E-state index in [1.54, 1.807) is 37.3 Å². The molecule has 0 spiro atoms.